The fourth-order valence-electron chi connectivity index (χ4n) is 2.49. The van der Waals surface area contributed by atoms with Gasteiger partial charge in [-0.1, -0.05) is 13.8 Å². The lowest BCUT2D eigenvalue weighted by molar-refractivity contribution is 0.135. The summed E-state index contributed by atoms with van der Waals surface area (Å²) >= 11 is 0. The van der Waals surface area contributed by atoms with Crippen LogP contribution in [0.15, 0.2) is 17.2 Å². The highest BCUT2D eigenvalue weighted by Gasteiger charge is 2.22. The highest BCUT2D eigenvalue weighted by atomic mass is 16.5. The number of nitrogens with zero attached hydrogens (tertiary/aromatic N) is 2. The quantitative estimate of drug-likeness (QED) is 0.896. The maximum Gasteiger partial charge on any atom is 0.313 e. The molecule has 2 rings (SSSR count). The minimum Gasteiger partial charge on any atom is -0.470 e. The van der Waals surface area contributed by atoms with Gasteiger partial charge in [-0.3, -0.25) is 4.79 Å². The van der Waals surface area contributed by atoms with E-state index in [4.69, 9.17) is 10.5 Å². The van der Waals surface area contributed by atoms with Crippen LogP contribution in [0.2, 0.25) is 0 Å². The first-order valence-corrected chi connectivity index (χ1v) is 7.04. The summed E-state index contributed by atoms with van der Waals surface area (Å²) in [6, 6.07) is 0.181. The fraction of sp³-hybridized carbons (Fsp3) is 0.714. The summed E-state index contributed by atoms with van der Waals surface area (Å²) < 4.78 is 7.42. The molecular formula is C14H23N3O2. The number of ether oxygens (including phenoxy) is 1. The molecule has 2 N–H and O–H groups in total. The first-order chi connectivity index (χ1) is 9.06. The Morgan fingerprint density at radius 2 is 2.32 bits per heavy atom. The zero-order chi connectivity index (χ0) is 13.8. The lowest BCUT2D eigenvalue weighted by Crippen LogP contribution is -2.35. The zero-order valence-corrected chi connectivity index (χ0v) is 11.7. The van der Waals surface area contributed by atoms with E-state index in [2.05, 4.69) is 18.8 Å². The Morgan fingerprint density at radius 1 is 1.53 bits per heavy atom. The molecule has 1 aromatic rings. The molecule has 2 atom stereocenters. The van der Waals surface area contributed by atoms with E-state index in [0.29, 0.717) is 12.5 Å². The van der Waals surface area contributed by atoms with Crippen molar-refractivity contribution in [3.8, 4) is 5.88 Å². The van der Waals surface area contributed by atoms with Crippen molar-refractivity contribution in [1.29, 1.82) is 0 Å². The average molecular weight is 265 g/mol. The van der Waals surface area contributed by atoms with Crippen LogP contribution in [0.25, 0.3) is 0 Å². The monoisotopic (exact) mass is 265 g/mol. The van der Waals surface area contributed by atoms with E-state index in [-0.39, 0.29) is 23.6 Å². The summed E-state index contributed by atoms with van der Waals surface area (Å²) in [6.07, 6.45) is 7.22. The van der Waals surface area contributed by atoms with Crippen molar-refractivity contribution >= 4 is 0 Å². The second kappa shape index (κ2) is 6.19. The van der Waals surface area contributed by atoms with Crippen molar-refractivity contribution < 1.29 is 4.74 Å². The van der Waals surface area contributed by atoms with Crippen LogP contribution in [0.3, 0.4) is 0 Å². The Kier molecular flexibility index (Phi) is 4.58. The van der Waals surface area contributed by atoms with Gasteiger partial charge in [0.1, 0.15) is 6.10 Å². The summed E-state index contributed by atoms with van der Waals surface area (Å²) in [5, 5.41) is 0. The first-order valence-electron chi connectivity index (χ1n) is 7.04. The average Bonchev–Trinajstić information content (AvgIpc) is 2.34. The van der Waals surface area contributed by atoms with Gasteiger partial charge in [-0.2, -0.15) is 0 Å². The molecule has 5 heteroatoms. The minimum absolute atomic E-state index is 0.0267. The molecule has 1 aromatic heterocycles. The summed E-state index contributed by atoms with van der Waals surface area (Å²) in [4.78, 5) is 16.3. The highest BCUT2D eigenvalue weighted by Crippen LogP contribution is 2.20. The Balaban J connectivity index is 2.10. The number of aromatic nitrogens is 2. The second-order valence-electron chi connectivity index (χ2n) is 5.75. The SMILES string of the molecule is CC(C)Cn1ccnc(OC2CCCC(N)C2)c1=O. The lowest BCUT2D eigenvalue weighted by atomic mass is 9.94. The van der Waals surface area contributed by atoms with Crippen molar-refractivity contribution in [2.75, 3.05) is 0 Å². The molecule has 0 amide bonds. The van der Waals surface area contributed by atoms with Crippen LogP contribution in [-0.4, -0.2) is 21.7 Å². The summed E-state index contributed by atoms with van der Waals surface area (Å²) in [5.74, 6) is 0.623. The van der Waals surface area contributed by atoms with Crippen molar-refractivity contribution in [1.82, 2.24) is 9.55 Å². The number of nitrogens with two attached hydrogens (primary N) is 1. The lowest BCUT2D eigenvalue weighted by Gasteiger charge is -2.26. The van der Waals surface area contributed by atoms with Gasteiger partial charge in [-0.05, 0) is 31.6 Å². The molecular weight excluding hydrogens is 242 g/mol. The van der Waals surface area contributed by atoms with Gasteiger partial charge < -0.3 is 15.0 Å². The van der Waals surface area contributed by atoms with E-state index in [0.717, 1.165) is 25.7 Å². The fourth-order valence-corrected chi connectivity index (χ4v) is 2.49. The predicted octanol–water partition coefficient (Wildman–Crippen LogP) is 1.55. The smallest absolute Gasteiger partial charge is 0.313 e. The third-order valence-electron chi connectivity index (χ3n) is 3.39. The molecule has 1 aliphatic carbocycles. The van der Waals surface area contributed by atoms with Crippen LogP contribution >= 0.6 is 0 Å². The Labute approximate surface area is 113 Å². The molecule has 1 saturated carbocycles. The normalized spacial score (nSPS) is 23.6. The van der Waals surface area contributed by atoms with E-state index < -0.39 is 0 Å². The van der Waals surface area contributed by atoms with Crippen molar-refractivity contribution in [3.05, 3.63) is 22.7 Å². The molecule has 19 heavy (non-hydrogen) atoms. The molecule has 1 aliphatic rings. The summed E-state index contributed by atoms with van der Waals surface area (Å²) in [7, 11) is 0. The summed E-state index contributed by atoms with van der Waals surface area (Å²) in [6.45, 7) is 4.84. The third-order valence-corrected chi connectivity index (χ3v) is 3.39. The largest absolute Gasteiger partial charge is 0.470 e. The van der Waals surface area contributed by atoms with E-state index >= 15 is 0 Å². The minimum atomic E-state index is -0.143. The van der Waals surface area contributed by atoms with Gasteiger partial charge in [0.05, 0.1) is 0 Å². The number of hydrogen-bond acceptors (Lipinski definition) is 4. The van der Waals surface area contributed by atoms with Gasteiger partial charge in [0.25, 0.3) is 5.88 Å². The van der Waals surface area contributed by atoms with Crippen LogP contribution in [0.4, 0.5) is 0 Å². The zero-order valence-electron chi connectivity index (χ0n) is 11.7. The molecule has 5 nitrogen and oxygen atoms in total. The van der Waals surface area contributed by atoms with Crippen LogP contribution in [-0.2, 0) is 6.54 Å². The van der Waals surface area contributed by atoms with Crippen molar-refractivity contribution in [2.24, 2.45) is 11.7 Å². The number of rotatable bonds is 4. The van der Waals surface area contributed by atoms with E-state index in [9.17, 15) is 4.79 Å². The van der Waals surface area contributed by atoms with Crippen molar-refractivity contribution in [3.63, 3.8) is 0 Å². The Morgan fingerprint density at radius 3 is 3.00 bits per heavy atom. The van der Waals surface area contributed by atoms with Gasteiger partial charge in [0.15, 0.2) is 0 Å². The maximum absolute atomic E-state index is 12.2. The Hall–Kier alpha value is -1.36. The van der Waals surface area contributed by atoms with E-state index in [1.54, 1.807) is 17.0 Å². The molecule has 106 valence electrons. The molecule has 0 saturated heterocycles. The van der Waals surface area contributed by atoms with Crippen LogP contribution < -0.4 is 16.0 Å². The topological polar surface area (TPSA) is 70.1 Å². The van der Waals surface area contributed by atoms with Gasteiger partial charge in [0.2, 0.25) is 0 Å². The van der Waals surface area contributed by atoms with Gasteiger partial charge in [-0.15, -0.1) is 0 Å². The Bertz CT molecular complexity index is 470. The molecule has 0 radical (unpaired) electrons. The molecule has 2 unspecified atom stereocenters. The van der Waals surface area contributed by atoms with Gasteiger partial charge in [-0.25, -0.2) is 4.98 Å². The summed E-state index contributed by atoms with van der Waals surface area (Å²) in [5.41, 5.74) is 5.79. The molecule has 1 heterocycles. The molecule has 0 aromatic carbocycles. The van der Waals surface area contributed by atoms with Crippen LogP contribution in [0, 0.1) is 5.92 Å². The van der Waals surface area contributed by atoms with E-state index in [1.165, 1.54) is 0 Å². The molecule has 0 bridgehead atoms. The second-order valence-corrected chi connectivity index (χ2v) is 5.75. The predicted molar refractivity (Wildman–Crippen MR) is 74.2 cm³/mol. The van der Waals surface area contributed by atoms with Gasteiger partial charge in [0, 0.05) is 25.0 Å². The highest BCUT2D eigenvalue weighted by molar-refractivity contribution is 5.05. The molecule has 0 aliphatic heterocycles. The number of hydrogen-bond donors (Lipinski definition) is 1. The maximum atomic E-state index is 12.2. The van der Waals surface area contributed by atoms with Crippen LogP contribution in [0.5, 0.6) is 5.88 Å². The van der Waals surface area contributed by atoms with Crippen LogP contribution in [0.1, 0.15) is 39.5 Å². The molecule has 1 fully saturated rings. The third kappa shape index (κ3) is 3.80. The van der Waals surface area contributed by atoms with Crippen molar-refractivity contribution in [2.45, 2.75) is 58.2 Å². The first kappa shape index (κ1) is 14.1. The van der Waals surface area contributed by atoms with Gasteiger partial charge >= 0.3 is 5.56 Å². The van der Waals surface area contributed by atoms with E-state index in [1.807, 2.05) is 0 Å². The molecule has 0 spiro atoms. The standard InChI is InChI=1S/C14H23N3O2/c1-10(2)9-17-7-6-16-13(14(17)18)19-12-5-3-4-11(15)8-12/h6-7,10-12H,3-5,8-9,15H2,1-2H3.